The molecule has 3 rings (SSSR count). The lowest BCUT2D eigenvalue weighted by Gasteiger charge is -2.35. The summed E-state index contributed by atoms with van der Waals surface area (Å²) in [5.41, 5.74) is 1.33. The van der Waals surface area contributed by atoms with Crippen molar-refractivity contribution in [1.82, 2.24) is 4.90 Å². The molecule has 0 bridgehead atoms. The highest BCUT2D eigenvalue weighted by molar-refractivity contribution is 5.49. The van der Waals surface area contributed by atoms with Crippen LogP contribution >= 0.6 is 0 Å². The minimum atomic E-state index is -0.209. The highest BCUT2D eigenvalue weighted by atomic mass is 19.1. The molecule has 0 aliphatic carbocycles. The smallest absolute Gasteiger partial charge is 0.146 e. The minimum absolute atomic E-state index is 0.102. The van der Waals surface area contributed by atoms with E-state index in [-0.39, 0.29) is 12.4 Å². The minimum Gasteiger partial charge on any atom is -0.392 e. The number of halogens is 1. The van der Waals surface area contributed by atoms with Crippen LogP contribution in [-0.4, -0.2) is 42.7 Å². The molecule has 21 heavy (non-hydrogen) atoms. The predicted octanol–water partition coefficient (Wildman–Crippen LogP) is 2.63. The van der Waals surface area contributed by atoms with Crippen LogP contribution in [0.3, 0.4) is 0 Å². The Bertz CT molecular complexity index is 466. The molecule has 1 aromatic carbocycles. The SMILES string of the molecule is OCc1ccc(N2CCC(CN3CCCC3)CC2)c(F)c1. The van der Waals surface area contributed by atoms with Gasteiger partial charge in [0.1, 0.15) is 5.82 Å². The first-order valence-corrected chi connectivity index (χ1v) is 8.13. The standard InChI is InChI=1S/C17H25FN2O/c18-16-11-15(13-21)3-4-17(16)20-9-5-14(6-10-20)12-19-7-1-2-8-19/h3-4,11,14,21H,1-2,5-10,12-13H2. The summed E-state index contributed by atoms with van der Waals surface area (Å²) in [5.74, 6) is 0.554. The zero-order valence-electron chi connectivity index (χ0n) is 12.6. The van der Waals surface area contributed by atoms with Crippen LogP contribution in [0.5, 0.6) is 0 Å². The molecule has 0 saturated carbocycles. The highest BCUT2D eigenvalue weighted by Gasteiger charge is 2.24. The molecule has 2 heterocycles. The first-order valence-electron chi connectivity index (χ1n) is 8.13. The third kappa shape index (κ3) is 3.55. The topological polar surface area (TPSA) is 26.7 Å². The molecule has 0 unspecified atom stereocenters. The lowest BCUT2D eigenvalue weighted by Crippen LogP contribution is -2.38. The molecule has 2 aliphatic rings. The third-order valence-corrected chi connectivity index (χ3v) is 4.86. The average molecular weight is 292 g/mol. The number of aliphatic hydroxyl groups is 1. The van der Waals surface area contributed by atoms with Gasteiger partial charge in [0, 0.05) is 19.6 Å². The third-order valence-electron chi connectivity index (χ3n) is 4.86. The van der Waals surface area contributed by atoms with E-state index >= 15 is 0 Å². The molecule has 4 heteroatoms. The second kappa shape index (κ2) is 6.75. The van der Waals surface area contributed by atoms with Crippen LogP contribution in [0.15, 0.2) is 18.2 Å². The van der Waals surface area contributed by atoms with Crippen molar-refractivity contribution in [2.24, 2.45) is 5.92 Å². The van der Waals surface area contributed by atoms with Crippen LogP contribution in [0.1, 0.15) is 31.2 Å². The monoisotopic (exact) mass is 292 g/mol. The molecule has 2 aliphatic heterocycles. The molecule has 0 atom stereocenters. The quantitative estimate of drug-likeness (QED) is 0.924. The summed E-state index contributed by atoms with van der Waals surface area (Å²) in [6.07, 6.45) is 5.00. The van der Waals surface area contributed by atoms with Crippen molar-refractivity contribution in [2.45, 2.75) is 32.3 Å². The van der Waals surface area contributed by atoms with Crippen LogP contribution in [0.25, 0.3) is 0 Å². The molecule has 0 radical (unpaired) electrons. The lowest BCUT2D eigenvalue weighted by molar-refractivity contribution is 0.249. The van der Waals surface area contributed by atoms with Gasteiger partial charge in [-0.1, -0.05) is 6.07 Å². The Labute approximate surface area is 126 Å². The summed E-state index contributed by atoms with van der Waals surface area (Å²) in [5, 5.41) is 9.05. The summed E-state index contributed by atoms with van der Waals surface area (Å²) in [7, 11) is 0. The number of likely N-dealkylation sites (tertiary alicyclic amines) is 1. The van der Waals surface area contributed by atoms with Crippen molar-refractivity contribution in [3.8, 4) is 0 Å². The normalized spacial score (nSPS) is 21.1. The van der Waals surface area contributed by atoms with Crippen LogP contribution in [-0.2, 0) is 6.61 Å². The Morgan fingerprint density at radius 2 is 1.81 bits per heavy atom. The number of anilines is 1. The van der Waals surface area contributed by atoms with E-state index in [1.165, 1.54) is 38.5 Å². The molecular formula is C17H25FN2O. The lowest BCUT2D eigenvalue weighted by atomic mass is 9.95. The van der Waals surface area contributed by atoms with Gasteiger partial charge in [0.2, 0.25) is 0 Å². The van der Waals surface area contributed by atoms with E-state index in [0.29, 0.717) is 11.3 Å². The average Bonchev–Trinajstić information content (AvgIpc) is 3.01. The molecule has 0 aromatic heterocycles. The second-order valence-electron chi connectivity index (χ2n) is 6.38. The fourth-order valence-electron chi connectivity index (χ4n) is 3.59. The highest BCUT2D eigenvalue weighted by Crippen LogP contribution is 2.27. The number of rotatable bonds is 4. The fraction of sp³-hybridized carbons (Fsp3) is 0.647. The van der Waals surface area contributed by atoms with Crippen molar-refractivity contribution in [1.29, 1.82) is 0 Å². The van der Waals surface area contributed by atoms with Gasteiger partial charge in [-0.15, -0.1) is 0 Å². The van der Waals surface area contributed by atoms with E-state index in [2.05, 4.69) is 9.80 Å². The van der Waals surface area contributed by atoms with Gasteiger partial charge >= 0.3 is 0 Å². The maximum atomic E-state index is 14.1. The van der Waals surface area contributed by atoms with Gasteiger partial charge < -0.3 is 14.9 Å². The number of hydrogen-bond acceptors (Lipinski definition) is 3. The van der Waals surface area contributed by atoms with E-state index < -0.39 is 0 Å². The van der Waals surface area contributed by atoms with Crippen LogP contribution < -0.4 is 4.90 Å². The molecule has 1 aromatic rings. The van der Waals surface area contributed by atoms with E-state index in [1.807, 2.05) is 12.1 Å². The van der Waals surface area contributed by atoms with E-state index in [0.717, 1.165) is 31.8 Å². The maximum Gasteiger partial charge on any atom is 0.146 e. The maximum absolute atomic E-state index is 14.1. The van der Waals surface area contributed by atoms with Gasteiger partial charge in [-0.3, -0.25) is 0 Å². The molecule has 2 fully saturated rings. The Balaban J connectivity index is 1.55. The van der Waals surface area contributed by atoms with Gasteiger partial charge in [-0.05, 0) is 62.4 Å². The van der Waals surface area contributed by atoms with Crippen molar-refractivity contribution in [3.63, 3.8) is 0 Å². The van der Waals surface area contributed by atoms with Crippen LogP contribution in [0.2, 0.25) is 0 Å². The van der Waals surface area contributed by atoms with Crippen LogP contribution in [0.4, 0.5) is 10.1 Å². The Hall–Kier alpha value is -1.13. The van der Waals surface area contributed by atoms with Gasteiger partial charge in [0.05, 0.1) is 12.3 Å². The molecule has 0 amide bonds. The first kappa shape index (κ1) is 14.8. The Kier molecular flexibility index (Phi) is 4.76. The number of aliphatic hydroxyl groups excluding tert-OH is 1. The summed E-state index contributed by atoms with van der Waals surface area (Å²) in [6.45, 7) is 5.52. The van der Waals surface area contributed by atoms with E-state index in [9.17, 15) is 4.39 Å². The fourth-order valence-corrected chi connectivity index (χ4v) is 3.59. The zero-order chi connectivity index (χ0) is 14.7. The molecule has 1 N–H and O–H groups in total. The Morgan fingerprint density at radius 1 is 1.10 bits per heavy atom. The van der Waals surface area contributed by atoms with Crippen molar-refractivity contribution < 1.29 is 9.50 Å². The summed E-state index contributed by atoms with van der Waals surface area (Å²) < 4.78 is 14.1. The number of piperidine rings is 1. The number of nitrogens with zero attached hydrogens (tertiary/aromatic N) is 2. The molecule has 2 saturated heterocycles. The van der Waals surface area contributed by atoms with Gasteiger partial charge in [-0.25, -0.2) is 4.39 Å². The van der Waals surface area contributed by atoms with Crippen molar-refractivity contribution in [3.05, 3.63) is 29.6 Å². The van der Waals surface area contributed by atoms with Gasteiger partial charge in [-0.2, -0.15) is 0 Å². The van der Waals surface area contributed by atoms with Crippen molar-refractivity contribution in [2.75, 3.05) is 37.6 Å². The zero-order valence-corrected chi connectivity index (χ0v) is 12.6. The molecule has 0 spiro atoms. The summed E-state index contributed by atoms with van der Waals surface area (Å²) >= 11 is 0. The summed E-state index contributed by atoms with van der Waals surface area (Å²) in [6, 6.07) is 5.07. The number of benzene rings is 1. The molecular weight excluding hydrogens is 267 g/mol. The second-order valence-corrected chi connectivity index (χ2v) is 6.38. The Morgan fingerprint density at radius 3 is 2.43 bits per heavy atom. The van der Waals surface area contributed by atoms with Crippen LogP contribution in [0, 0.1) is 11.7 Å². The van der Waals surface area contributed by atoms with Gasteiger partial charge in [0.15, 0.2) is 0 Å². The predicted molar refractivity (Wildman–Crippen MR) is 82.9 cm³/mol. The largest absolute Gasteiger partial charge is 0.392 e. The van der Waals surface area contributed by atoms with E-state index in [4.69, 9.17) is 5.11 Å². The molecule has 3 nitrogen and oxygen atoms in total. The van der Waals surface area contributed by atoms with E-state index in [1.54, 1.807) is 0 Å². The molecule has 116 valence electrons. The number of hydrogen-bond donors (Lipinski definition) is 1. The first-order chi connectivity index (χ1) is 10.3. The summed E-state index contributed by atoms with van der Waals surface area (Å²) in [4.78, 5) is 4.73. The van der Waals surface area contributed by atoms with Crippen molar-refractivity contribution >= 4 is 5.69 Å². The van der Waals surface area contributed by atoms with Gasteiger partial charge in [0.25, 0.3) is 0 Å².